The molecular weight excluding hydrogens is 365 g/mol. The molecule has 3 rings (SSSR count). The first kappa shape index (κ1) is 17.8. The van der Waals surface area contributed by atoms with Gasteiger partial charge in [0.25, 0.3) is 0 Å². The van der Waals surface area contributed by atoms with Gasteiger partial charge >= 0.3 is 5.97 Å². The van der Waals surface area contributed by atoms with Gasteiger partial charge in [0.15, 0.2) is 5.75 Å². The highest BCUT2D eigenvalue weighted by atomic mass is 35.5. The Kier molecular flexibility index (Phi) is 5.15. The van der Waals surface area contributed by atoms with Gasteiger partial charge in [-0.3, -0.25) is 0 Å². The number of ether oxygens (including phenoxy) is 1. The van der Waals surface area contributed by atoms with Crippen LogP contribution >= 0.6 is 11.6 Å². The normalized spacial score (nSPS) is 10.8. The van der Waals surface area contributed by atoms with Gasteiger partial charge in [0.05, 0.1) is 19.4 Å². The molecule has 0 amide bonds. The van der Waals surface area contributed by atoms with Gasteiger partial charge in [0.1, 0.15) is 22.8 Å². The Morgan fingerprint density at radius 2 is 1.96 bits per heavy atom. The van der Waals surface area contributed by atoms with E-state index < -0.39 is 11.7 Å². The SMILES string of the molecule is O=C(O)c1cc(Cl)cc(-n2cc(COCc3ccc(F)cc3)nn2)c1O. The number of aromatic nitrogens is 3. The van der Waals surface area contributed by atoms with Crippen LogP contribution in [0.15, 0.2) is 42.6 Å². The van der Waals surface area contributed by atoms with E-state index in [4.69, 9.17) is 21.4 Å². The van der Waals surface area contributed by atoms with Crippen LogP contribution in [0.4, 0.5) is 4.39 Å². The Bertz CT molecular complexity index is 944. The molecule has 0 aliphatic carbocycles. The summed E-state index contributed by atoms with van der Waals surface area (Å²) in [6.45, 7) is 0.392. The molecule has 0 aliphatic rings. The molecule has 2 N–H and O–H groups in total. The van der Waals surface area contributed by atoms with Crippen LogP contribution in [0.25, 0.3) is 5.69 Å². The molecule has 9 heteroatoms. The molecule has 0 fully saturated rings. The highest BCUT2D eigenvalue weighted by Crippen LogP contribution is 2.30. The first-order valence-electron chi connectivity index (χ1n) is 7.43. The lowest BCUT2D eigenvalue weighted by Gasteiger charge is -2.07. The number of phenols is 1. The first-order valence-corrected chi connectivity index (χ1v) is 7.81. The largest absolute Gasteiger partial charge is 0.505 e. The average molecular weight is 378 g/mol. The lowest BCUT2D eigenvalue weighted by molar-refractivity contribution is 0.0693. The van der Waals surface area contributed by atoms with E-state index in [1.807, 2.05) is 0 Å². The average Bonchev–Trinajstić information content (AvgIpc) is 3.07. The fraction of sp³-hybridized carbons (Fsp3) is 0.118. The van der Waals surface area contributed by atoms with Crippen molar-refractivity contribution in [1.82, 2.24) is 15.0 Å². The minimum atomic E-state index is -1.31. The van der Waals surface area contributed by atoms with Crippen molar-refractivity contribution in [2.75, 3.05) is 0 Å². The van der Waals surface area contributed by atoms with Gasteiger partial charge < -0.3 is 14.9 Å². The predicted octanol–water partition coefficient (Wildman–Crippen LogP) is 3.18. The number of halogens is 2. The number of aromatic hydroxyl groups is 1. The predicted molar refractivity (Wildman–Crippen MR) is 89.9 cm³/mol. The highest BCUT2D eigenvalue weighted by Gasteiger charge is 2.17. The summed E-state index contributed by atoms with van der Waals surface area (Å²) in [4.78, 5) is 11.2. The lowest BCUT2D eigenvalue weighted by atomic mass is 10.1. The van der Waals surface area contributed by atoms with Crippen molar-refractivity contribution in [1.29, 1.82) is 0 Å². The zero-order valence-corrected chi connectivity index (χ0v) is 14.0. The fourth-order valence-corrected chi connectivity index (χ4v) is 2.47. The zero-order chi connectivity index (χ0) is 18.7. The molecule has 0 radical (unpaired) electrons. The van der Waals surface area contributed by atoms with E-state index in [1.165, 1.54) is 29.1 Å². The molecule has 0 bridgehead atoms. The van der Waals surface area contributed by atoms with Crippen LogP contribution in [0.1, 0.15) is 21.6 Å². The van der Waals surface area contributed by atoms with E-state index in [0.29, 0.717) is 5.69 Å². The minimum Gasteiger partial charge on any atom is -0.505 e. The molecule has 7 nitrogen and oxygen atoms in total. The molecular formula is C17H13ClFN3O4. The molecule has 0 spiro atoms. The number of carbonyl (C=O) groups is 1. The van der Waals surface area contributed by atoms with Crippen LogP contribution in [0.2, 0.25) is 5.02 Å². The summed E-state index contributed by atoms with van der Waals surface area (Å²) in [5.41, 5.74) is 1.02. The Hall–Kier alpha value is -2.97. The number of carboxylic acid groups (broad SMARTS) is 1. The van der Waals surface area contributed by atoms with Crippen molar-refractivity contribution in [3.05, 3.63) is 70.3 Å². The summed E-state index contributed by atoms with van der Waals surface area (Å²) in [6.07, 6.45) is 1.49. The molecule has 26 heavy (non-hydrogen) atoms. The maximum absolute atomic E-state index is 12.8. The van der Waals surface area contributed by atoms with E-state index in [-0.39, 0.29) is 35.3 Å². The van der Waals surface area contributed by atoms with Gasteiger partial charge in [0, 0.05) is 5.02 Å². The number of aromatic carboxylic acids is 1. The number of hydrogen-bond acceptors (Lipinski definition) is 5. The van der Waals surface area contributed by atoms with Crippen molar-refractivity contribution < 1.29 is 24.1 Å². The Morgan fingerprint density at radius 1 is 1.23 bits per heavy atom. The molecule has 1 aromatic heterocycles. The molecule has 2 aromatic carbocycles. The topological polar surface area (TPSA) is 97.5 Å². The monoisotopic (exact) mass is 377 g/mol. The van der Waals surface area contributed by atoms with Gasteiger partial charge in [-0.2, -0.15) is 0 Å². The van der Waals surface area contributed by atoms with Gasteiger partial charge in [0.2, 0.25) is 0 Å². The summed E-state index contributed by atoms with van der Waals surface area (Å²) in [7, 11) is 0. The highest BCUT2D eigenvalue weighted by molar-refractivity contribution is 6.31. The molecule has 0 saturated heterocycles. The van der Waals surface area contributed by atoms with Crippen LogP contribution in [-0.2, 0) is 18.0 Å². The molecule has 1 heterocycles. The number of hydrogen-bond donors (Lipinski definition) is 2. The standard InChI is InChI=1S/C17H13ClFN3O4/c18-11-5-14(17(24)25)16(23)15(6-11)22-7-13(20-21-22)9-26-8-10-1-3-12(19)4-2-10/h1-7,23H,8-9H2,(H,24,25). The molecule has 0 aliphatic heterocycles. The van der Waals surface area contributed by atoms with E-state index in [2.05, 4.69) is 10.3 Å². The second-order valence-corrected chi connectivity index (χ2v) is 5.84. The smallest absolute Gasteiger partial charge is 0.339 e. The number of rotatable bonds is 6. The molecule has 0 unspecified atom stereocenters. The fourth-order valence-electron chi connectivity index (χ4n) is 2.26. The van der Waals surface area contributed by atoms with Crippen LogP contribution < -0.4 is 0 Å². The molecule has 3 aromatic rings. The van der Waals surface area contributed by atoms with Crippen LogP contribution in [-0.4, -0.2) is 31.2 Å². The Morgan fingerprint density at radius 3 is 2.65 bits per heavy atom. The third-order valence-electron chi connectivity index (χ3n) is 3.50. The Balaban J connectivity index is 1.72. The zero-order valence-electron chi connectivity index (χ0n) is 13.3. The van der Waals surface area contributed by atoms with Crippen molar-refractivity contribution in [3.8, 4) is 11.4 Å². The van der Waals surface area contributed by atoms with Crippen LogP contribution in [0, 0.1) is 5.82 Å². The van der Waals surface area contributed by atoms with Gasteiger partial charge in [-0.05, 0) is 29.8 Å². The molecule has 0 saturated carbocycles. The van der Waals surface area contributed by atoms with Crippen LogP contribution in [0.5, 0.6) is 5.75 Å². The van der Waals surface area contributed by atoms with Crippen molar-refractivity contribution >= 4 is 17.6 Å². The quantitative estimate of drug-likeness (QED) is 0.684. The Labute approximate surface area is 152 Å². The van der Waals surface area contributed by atoms with Gasteiger partial charge in [-0.15, -0.1) is 5.10 Å². The van der Waals surface area contributed by atoms with Crippen LogP contribution in [0.3, 0.4) is 0 Å². The van der Waals surface area contributed by atoms with E-state index >= 15 is 0 Å². The maximum atomic E-state index is 12.8. The third-order valence-corrected chi connectivity index (χ3v) is 3.72. The summed E-state index contributed by atoms with van der Waals surface area (Å²) in [6, 6.07) is 8.44. The van der Waals surface area contributed by atoms with E-state index in [1.54, 1.807) is 12.1 Å². The summed E-state index contributed by atoms with van der Waals surface area (Å²) < 4.78 is 19.6. The second-order valence-electron chi connectivity index (χ2n) is 5.40. The lowest BCUT2D eigenvalue weighted by Crippen LogP contribution is -2.02. The van der Waals surface area contributed by atoms with Gasteiger partial charge in [-0.1, -0.05) is 28.9 Å². The second kappa shape index (κ2) is 7.51. The molecule has 0 atom stereocenters. The maximum Gasteiger partial charge on any atom is 0.339 e. The van der Waals surface area contributed by atoms with E-state index in [9.17, 15) is 14.3 Å². The van der Waals surface area contributed by atoms with Gasteiger partial charge in [-0.25, -0.2) is 13.9 Å². The number of nitrogens with zero attached hydrogens (tertiary/aromatic N) is 3. The van der Waals surface area contributed by atoms with Crippen molar-refractivity contribution in [3.63, 3.8) is 0 Å². The number of carboxylic acids is 1. The molecule has 134 valence electrons. The first-order chi connectivity index (χ1) is 12.4. The third kappa shape index (κ3) is 3.98. The minimum absolute atomic E-state index is 0.0900. The van der Waals surface area contributed by atoms with Crippen molar-refractivity contribution in [2.24, 2.45) is 0 Å². The van der Waals surface area contributed by atoms with Crippen molar-refractivity contribution in [2.45, 2.75) is 13.2 Å². The summed E-state index contributed by atoms with van der Waals surface area (Å²) in [5.74, 6) is -2.10. The summed E-state index contributed by atoms with van der Waals surface area (Å²) >= 11 is 5.90. The number of benzene rings is 2. The summed E-state index contributed by atoms with van der Waals surface area (Å²) in [5, 5.41) is 27.1. The van der Waals surface area contributed by atoms with E-state index in [0.717, 1.165) is 11.6 Å².